The van der Waals surface area contributed by atoms with Crippen molar-refractivity contribution in [3.8, 4) is 17.1 Å². The fourth-order valence-corrected chi connectivity index (χ4v) is 2.51. The van der Waals surface area contributed by atoms with Gasteiger partial charge in [-0.25, -0.2) is 9.37 Å². The van der Waals surface area contributed by atoms with Crippen molar-refractivity contribution in [2.75, 3.05) is 13.2 Å². The molecule has 0 saturated heterocycles. The summed E-state index contributed by atoms with van der Waals surface area (Å²) in [5.41, 5.74) is 1.98. The number of carbonyl (C=O) groups excluding carboxylic acids is 1. The molecule has 1 amide bonds. The third kappa shape index (κ3) is 4.44. The molecule has 0 aliphatic rings. The van der Waals surface area contributed by atoms with Gasteiger partial charge in [0.1, 0.15) is 17.4 Å². The van der Waals surface area contributed by atoms with Crippen LogP contribution in [0.3, 0.4) is 0 Å². The van der Waals surface area contributed by atoms with Crippen molar-refractivity contribution in [2.24, 2.45) is 0 Å². The average Bonchev–Trinajstić information content (AvgIpc) is 3.03. The molecule has 0 atom stereocenters. The summed E-state index contributed by atoms with van der Waals surface area (Å²) >= 11 is 0. The minimum absolute atomic E-state index is 0.119. The number of halogens is 1. The number of carbonyl (C=O) groups is 1. The largest absolute Gasteiger partial charge is 0.484 e. The lowest BCUT2D eigenvalue weighted by Gasteiger charge is -2.11. The highest BCUT2D eigenvalue weighted by Gasteiger charge is 2.10. The van der Waals surface area contributed by atoms with Gasteiger partial charge in [0.25, 0.3) is 5.91 Å². The molecule has 26 heavy (non-hydrogen) atoms. The minimum Gasteiger partial charge on any atom is -0.484 e. The van der Waals surface area contributed by atoms with Crippen LogP contribution in [0.4, 0.5) is 4.39 Å². The number of ether oxygens (including phenoxy) is 1. The van der Waals surface area contributed by atoms with Gasteiger partial charge in [0.15, 0.2) is 6.61 Å². The van der Waals surface area contributed by atoms with Gasteiger partial charge >= 0.3 is 0 Å². The third-order valence-corrected chi connectivity index (χ3v) is 3.83. The van der Waals surface area contributed by atoms with Gasteiger partial charge in [-0.2, -0.15) is 0 Å². The molecule has 6 nitrogen and oxygen atoms in total. The van der Waals surface area contributed by atoms with Crippen molar-refractivity contribution in [1.82, 2.24) is 19.9 Å². The first-order chi connectivity index (χ1) is 12.6. The van der Waals surface area contributed by atoms with Crippen LogP contribution in [0.25, 0.3) is 11.4 Å². The molecule has 1 aromatic carbocycles. The minimum atomic E-state index is -0.345. The molecular weight excluding hydrogens is 335 g/mol. The van der Waals surface area contributed by atoms with Crippen LogP contribution in [-0.4, -0.2) is 33.6 Å². The Hall–Kier alpha value is -3.22. The SMILES string of the molecule is Cc1cnc(-c2ccncc2)n1CCNC(=O)COc1ccc(F)cc1. The number of pyridine rings is 1. The smallest absolute Gasteiger partial charge is 0.258 e. The first kappa shape index (κ1) is 17.6. The molecular formula is C19H19FN4O2. The maximum atomic E-state index is 12.8. The van der Waals surface area contributed by atoms with Gasteiger partial charge in [0.2, 0.25) is 0 Å². The van der Waals surface area contributed by atoms with Gasteiger partial charge in [0.05, 0.1) is 0 Å². The van der Waals surface area contributed by atoms with Crippen LogP contribution < -0.4 is 10.1 Å². The Morgan fingerprint density at radius 3 is 2.65 bits per heavy atom. The molecule has 7 heteroatoms. The fourth-order valence-electron chi connectivity index (χ4n) is 2.51. The zero-order chi connectivity index (χ0) is 18.4. The summed E-state index contributed by atoms with van der Waals surface area (Å²) in [6.45, 7) is 2.88. The van der Waals surface area contributed by atoms with Gasteiger partial charge in [0, 0.05) is 42.9 Å². The quantitative estimate of drug-likeness (QED) is 0.708. The van der Waals surface area contributed by atoms with E-state index in [-0.39, 0.29) is 18.3 Å². The zero-order valence-corrected chi connectivity index (χ0v) is 14.4. The van der Waals surface area contributed by atoms with Crippen LogP contribution in [0.5, 0.6) is 5.75 Å². The second kappa shape index (κ2) is 8.24. The van der Waals surface area contributed by atoms with E-state index >= 15 is 0 Å². The summed E-state index contributed by atoms with van der Waals surface area (Å²) in [6, 6.07) is 9.34. The Bertz CT molecular complexity index is 863. The molecule has 0 radical (unpaired) electrons. The lowest BCUT2D eigenvalue weighted by molar-refractivity contribution is -0.123. The van der Waals surface area contributed by atoms with E-state index in [4.69, 9.17) is 4.74 Å². The van der Waals surface area contributed by atoms with Crippen molar-refractivity contribution < 1.29 is 13.9 Å². The molecule has 2 aromatic heterocycles. The van der Waals surface area contributed by atoms with Crippen molar-refractivity contribution in [2.45, 2.75) is 13.5 Å². The van der Waals surface area contributed by atoms with Crippen LogP contribution >= 0.6 is 0 Å². The number of aryl methyl sites for hydroxylation is 1. The number of rotatable bonds is 7. The highest BCUT2D eigenvalue weighted by Crippen LogP contribution is 2.18. The number of imidazole rings is 1. The monoisotopic (exact) mass is 354 g/mol. The predicted molar refractivity (Wildman–Crippen MR) is 95.1 cm³/mol. The molecule has 3 aromatic rings. The van der Waals surface area contributed by atoms with Gasteiger partial charge in [-0.1, -0.05) is 0 Å². The maximum absolute atomic E-state index is 12.8. The predicted octanol–water partition coefficient (Wildman–Crippen LogP) is 2.59. The summed E-state index contributed by atoms with van der Waals surface area (Å²) in [6.07, 6.45) is 5.24. The highest BCUT2D eigenvalue weighted by molar-refractivity contribution is 5.77. The summed E-state index contributed by atoms with van der Waals surface area (Å²) in [5.74, 6) is 0.703. The molecule has 134 valence electrons. The van der Waals surface area contributed by atoms with E-state index in [0.717, 1.165) is 17.1 Å². The standard InChI is InChI=1S/C19H19FN4O2/c1-14-12-23-19(15-6-8-21-9-7-15)24(14)11-10-22-18(25)13-26-17-4-2-16(20)3-5-17/h2-9,12H,10-11,13H2,1H3,(H,22,25). The first-order valence-corrected chi connectivity index (χ1v) is 8.21. The van der Waals surface area contributed by atoms with Crippen LogP contribution in [0, 0.1) is 12.7 Å². The lowest BCUT2D eigenvalue weighted by Crippen LogP contribution is -2.31. The number of hydrogen-bond donors (Lipinski definition) is 1. The summed E-state index contributed by atoms with van der Waals surface area (Å²) < 4.78 is 20.2. The van der Waals surface area contributed by atoms with E-state index in [9.17, 15) is 9.18 Å². The zero-order valence-electron chi connectivity index (χ0n) is 14.4. The normalized spacial score (nSPS) is 10.5. The lowest BCUT2D eigenvalue weighted by atomic mass is 10.2. The van der Waals surface area contributed by atoms with E-state index < -0.39 is 0 Å². The molecule has 0 fully saturated rings. The van der Waals surface area contributed by atoms with Gasteiger partial charge in [-0.05, 0) is 43.3 Å². The molecule has 0 unspecified atom stereocenters. The number of nitrogens with one attached hydrogen (secondary N) is 1. The second-order valence-corrected chi connectivity index (χ2v) is 5.70. The van der Waals surface area contributed by atoms with E-state index in [0.29, 0.717) is 18.8 Å². The topological polar surface area (TPSA) is 69.0 Å². The number of aromatic nitrogens is 3. The molecule has 2 heterocycles. The van der Waals surface area contributed by atoms with E-state index in [2.05, 4.69) is 15.3 Å². The van der Waals surface area contributed by atoms with E-state index in [1.54, 1.807) is 18.6 Å². The Kier molecular flexibility index (Phi) is 5.58. The molecule has 3 rings (SSSR count). The van der Waals surface area contributed by atoms with Gasteiger partial charge in [-0.3, -0.25) is 9.78 Å². The maximum Gasteiger partial charge on any atom is 0.258 e. The second-order valence-electron chi connectivity index (χ2n) is 5.70. The van der Waals surface area contributed by atoms with Crippen LogP contribution in [0.2, 0.25) is 0 Å². The Morgan fingerprint density at radius 1 is 1.19 bits per heavy atom. The van der Waals surface area contributed by atoms with Gasteiger partial charge in [-0.15, -0.1) is 0 Å². The van der Waals surface area contributed by atoms with Crippen LogP contribution in [0.15, 0.2) is 55.0 Å². The molecule has 1 N–H and O–H groups in total. The number of benzene rings is 1. The molecule has 0 spiro atoms. The van der Waals surface area contributed by atoms with Crippen LogP contribution in [0.1, 0.15) is 5.69 Å². The van der Waals surface area contributed by atoms with Crippen LogP contribution in [-0.2, 0) is 11.3 Å². The Balaban J connectivity index is 1.51. The molecule has 0 aliphatic heterocycles. The average molecular weight is 354 g/mol. The van der Waals surface area contributed by atoms with Gasteiger partial charge < -0.3 is 14.6 Å². The summed E-state index contributed by atoms with van der Waals surface area (Å²) in [7, 11) is 0. The van der Waals surface area contributed by atoms with Crippen molar-refractivity contribution in [3.63, 3.8) is 0 Å². The van der Waals surface area contributed by atoms with E-state index in [1.165, 1.54) is 24.3 Å². The number of nitrogens with zero attached hydrogens (tertiary/aromatic N) is 3. The highest BCUT2D eigenvalue weighted by atomic mass is 19.1. The van der Waals surface area contributed by atoms with Crippen molar-refractivity contribution >= 4 is 5.91 Å². The van der Waals surface area contributed by atoms with E-state index in [1.807, 2.05) is 23.6 Å². The Morgan fingerprint density at radius 2 is 1.92 bits per heavy atom. The third-order valence-electron chi connectivity index (χ3n) is 3.83. The fraction of sp³-hybridized carbons (Fsp3) is 0.211. The Labute approximate surface area is 150 Å². The summed E-state index contributed by atoms with van der Waals surface area (Å²) in [5, 5.41) is 2.81. The summed E-state index contributed by atoms with van der Waals surface area (Å²) in [4.78, 5) is 20.4. The molecule has 0 saturated carbocycles. The van der Waals surface area contributed by atoms with Crippen molar-refractivity contribution in [3.05, 3.63) is 66.5 Å². The van der Waals surface area contributed by atoms with Crippen molar-refractivity contribution in [1.29, 1.82) is 0 Å². The first-order valence-electron chi connectivity index (χ1n) is 8.21. The number of hydrogen-bond acceptors (Lipinski definition) is 4. The molecule has 0 aliphatic carbocycles. The molecule has 0 bridgehead atoms. The number of amides is 1.